The lowest BCUT2D eigenvalue weighted by Gasteiger charge is -2.10. The van der Waals surface area contributed by atoms with Crippen LogP contribution < -0.4 is 10.1 Å². The summed E-state index contributed by atoms with van der Waals surface area (Å²) in [5.74, 6) is -0.0581. The van der Waals surface area contributed by atoms with Crippen LogP contribution in [0.25, 0.3) is 11.1 Å². The molecule has 3 rings (SSSR count). The van der Waals surface area contributed by atoms with Gasteiger partial charge in [-0.15, -0.1) is 11.3 Å². The number of ether oxygens (including phenoxy) is 2. The molecule has 1 aromatic heterocycles. The number of thiophene rings is 1. The Kier molecular flexibility index (Phi) is 6.49. The van der Waals surface area contributed by atoms with Crippen LogP contribution in [0.1, 0.15) is 27.6 Å². The SMILES string of the molecule is CCOC(=O)c1c(-c2ccc(OC)cc2)csc1NC(=O)c1ccccc1Br. The van der Waals surface area contributed by atoms with Gasteiger partial charge in [-0.1, -0.05) is 24.3 Å². The number of amides is 1. The number of methoxy groups -OCH3 is 1. The summed E-state index contributed by atoms with van der Waals surface area (Å²) >= 11 is 4.66. The van der Waals surface area contributed by atoms with Gasteiger partial charge in [-0.05, 0) is 52.7 Å². The van der Waals surface area contributed by atoms with Crippen LogP contribution in [-0.2, 0) is 4.74 Å². The van der Waals surface area contributed by atoms with Crippen LogP contribution in [0.3, 0.4) is 0 Å². The maximum Gasteiger partial charge on any atom is 0.341 e. The summed E-state index contributed by atoms with van der Waals surface area (Å²) in [6.07, 6.45) is 0. The molecule has 0 radical (unpaired) electrons. The molecule has 0 saturated carbocycles. The normalized spacial score (nSPS) is 10.4. The van der Waals surface area contributed by atoms with Crippen LogP contribution >= 0.6 is 27.3 Å². The number of carbonyl (C=O) groups excluding carboxylic acids is 2. The zero-order chi connectivity index (χ0) is 20.1. The maximum absolute atomic E-state index is 12.7. The number of benzene rings is 2. The first-order valence-corrected chi connectivity index (χ1v) is 10.2. The Morgan fingerprint density at radius 2 is 1.82 bits per heavy atom. The molecule has 7 heteroatoms. The largest absolute Gasteiger partial charge is 0.497 e. The van der Waals surface area contributed by atoms with Crippen LogP contribution in [0.4, 0.5) is 5.00 Å². The monoisotopic (exact) mass is 459 g/mol. The fourth-order valence-electron chi connectivity index (χ4n) is 2.65. The Morgan fingerprint density at radius 3 is 2.46 bits per heavy atom. The third kappa shape index (κ3) is 4.26. The third-order valence-electron chi connectivity index (χ3n) is 4.02. The molecule has 28 heavy (non-hydrogen) atoms. The van der Waals surface area contributed by atoms with E-state index in [2.05, 4.69) is 21.2 Å². The minimum Gasteiger partial charge on any atom is -0.497 e. The molecule has 2 aromatic carbocycles. The average Bonchev–Trinajstić information content (AvgIpc) is 3.12. The van der Waals surface area contributed by atoms with Crippen molar-refractivity contribution in [3.8, 4) is 16.9 Å². The van der Waals surface area contributed by atoms with Crippen molar-refractivity contribution in [3.05, 3.63) is 69.5 Å². The molecule has 3 aromatic rings. The first-order chi connectivity index (χ1) is 13.5. The van der Waals surface area contributed by atoms with Gasteiger partial charge >= 0.3 is 5.97 Å². The highest BCUT2D eigenvalue weighted by Crippen LogP contribution is 2.37. The zero-order valence-corrected chi connectivity index (χ0v) is 17.7. The molecular weight excluding hydrogens is 442 g/mol. The van der Waals surface area contributed by atoms with Gasteiger partial charge in [-0.3, -0.25) is 4.79 Å². The predicted molar refractivity (Wildman–Crippen MR) is 114 cm³/mol. The van der Waals surface area contributed by atoms with Crippen molar-refractivity contribution in [3.63, 3.8) is 0 Å². The minimum atomic E-state index is -0.475. The first kappa shape index (κ1) is 20.1. The standard InChI is InChI=1S/C21H18BrNO4S/c1-3-27-21(25)18-16(13-8-10-14(26-2)11-9-13)12-28-20(18)23-19(24)15-6-4-5-7-17(15)22/h4-12H,3H2,1-2H3,(H,23,24). The fraction of sp³-hybridized carbons (Fsp3) is 0.143. The average molecular weight is 460 g/mol. The predicted octanol–water partition coefficient (Wildman–Crippen LogP) is 5.62. The van der Waals surface area contributed by atoms with Crippen molar-refractivity contribution >= 4 is 44.1 Å². The molecular formula is C21H18BrNO4S. The van der Waals surface area contributed by atoms with Crippen LogP contribution in [0, 0.1) is 0 Å². The van der Waals surface area contributed by atoms with Gasteiger partial charge in [-0.25, -0.2) is 4.79 Å². The summed E-state index contributed by atoms with van der Waals surface area (Å²) in [4.78, 5) is 25.3. The Hall–Kier alpha value is -2.64. The molecule has 0 spiro atoms. The lowest BCUT2D eigenvalue weighted by atomic mass is 10.0. The van der Waals surface area contributed by atoms with Crippen molar-refractivity contribution < 1.29 is 19.1 Å². The Labute approximate surface area is 175 Å². The van der Waals surface area contributed by atoms with Gasteiger partial charge in [-0.2, -0.15) is 0 Å². The summed E-state index contributed by atoms with van der Waals surface area (Å²) in [6.45, 7) is 1.99. The molecule has 1 N–H and O–H groups in total. The number of carbonyl (C=O) groups is 2. The van der Waals surface area contributed by atoms with Gasteiger partial charge in [0.1, 0.15) is 16.3 Å². The fourth-order valence-corrected chi connectivity index (χ4v) is 4.07. The quantitative estimate of drug-likeness (QED) is 0.486. The Morgan fingerprint density at radius 1 is 1.11 bits per heavy atom. The van der Waals surface area contributed by atoms with Gasteiger partial charge in [0.2, 0.25) is 0 Å². The van der Waals surface area contributed by atoms with Crippen LogP contribution in [0.2, 0.25) is 0 Å². The lowest BCUT2D eigenvalue weighted by Crippen LogP contribution is -2.15. The Bertz CT molecular complexity index is 998. The number of anilines is 1. The number of halogens is 1. The van der Waals surface area contributed by atoms with Gasteiger partial charge in [0, 0.05) is 15.4 Å². The van der Waals surface area contributed by atoms with E-state index >= 15 is 0 Å². The van der Waals surface area contributed by atoms with Crippen molar-refractivity contribution in [1.82, 2.24) is 0 Å². The molecule has 0 aliphatic rings. The van der Waals surface area contributed by atoms with Crippen molar-refractivity contribution in [2.75, 3.05) is 19.0 Å². The molecule has 5 nitrogen and oxygen atoms in total. The van der Waals surface area contributed by atoms with E-state index in [9.17, 15) is 9.59 Å². The van der Waals surface area contributed by atoms with Gasteiger partial charge in [0.25, 0.3) is 5.91 Å². The summed E-state index contributed by atoms with van der Waals surface area (Å²) in [5.41, 5.74) is 2.36. The highest BCUT2D eigenvalue weighted by atomic mass is 79.9. The number of hydrogen-bond acceptors (Lipinski definition) is 5. The smallest absolute Gasteiger partial charge is 0.341 e. The summed E-state index contributed by atoms with van der Waals surface area (Å²) in [7, 11) is 1.60. The van der Waals surface area contributed by atoms with Crippen molar-refractivity contribution in [1.29, 1.82) is 0 Å². The maximum atomic E-state index is 12.7. The Balaban J connectivity index is 1.99. The summed E-state index contributed by atoms with van der Waals surface area (Å²) in [5, 5.41) is 5.13. The molecule has 1 heterocycles. The molecule has 1 amide bonds. The van der Waals surface area contributed by atoms with E-state index in [0.29, 0.717) is 26.2 Å². The van der Waals surface area contributed by atoms with E-state index in [1.165, 1.54) is 11.3 Å². The lowest BCUT2D eigenvalue weighted by molar-refractivity contribution is 0.0529. The number of rotatable bonds is 6. The highest BCUT2D eigenvalue weighted by Gasteiger charge is 2.23. The molecule has 0 bridgehead atoms. The van der Waals surface area contributed by atoms with Gasteiger partial charge in [0.15, 0.2) is 0 Å². The van der Waals surface area contributed by atoms with E-state index < -0.39 is 5.97 Å². The second-order valence-electron chi connectivity index (χ2n) is 5.74. The topological polar surface area (TPSA) is 64.6 Å². The summed E-state index contributed by atoms with van der Waals surface area (Å²) < 4.78 is 11.1. The highest BCUT2D eigenvalue weighted by molar-refractivity contribution is 9.10. The number of hydrogen-bond donors (Lipinski definition) is 1. The van der Waals surface area contributed by atoms with E-state index in [1.54, 1.807) is 32.2 Å². The van der Waals surface area contributed by atoms with Crippen LogP contribution in [-0.4, -0.2) is 25.6 Å². The molecule has 0 saturated heterocycles. The van der Waals surface area contributed by atoms with Crippen molar-refractivity contribution in [2.24, 2.45) is 0 Å². The second kappa shape index (κ2) is 9.03. The second-order valence-corrected chi connectivity index (χ2v) is 7.47. The summed E-state index contributed by atoms with van der Waals surface area (Å²) in [6, 6.07) is 14.5. The van der Waals surface area contributed by atoms with Crippen molar-refractivity contribution in [2.45, 2.75) is 6.92 Å². The molecule has 0 unspecified atom stereocenters. The third-order valence-corrected chi connectivity index (χ3v) is 5.60. The number of nitrogens with one attached hydrogen (secondary N) is 1. The van der Waals surface area contributed by atoms with E-state index in [0.717, 1.165) is 11.3 Å². The van der Waals surface area contributed by atoms with E-state index in [1.807, 2.05) is 35.7 Å². The van der Waals surface area contributed by atoms with E-state index in [-0.39, 0.29) is 12.5 Å². The minimum absolute atomic E-state index is 0.244. The van der Waals surface area contributed by atoms with Crippen LogP contribution in [0.15, 0.2) is 58.4 Å². The van der Waals surface area contributed by atoms with E-state index in [4.69, 9.17) is 9.47 Å². The first-order valence-electron chi connectivity index (χ1n) is 8.54. The molecule has 0 atom stereocenters. The zero-order valence-electron chi connectivity index (χ0n) is 15.3. The van der Waals surface area contributed by atoms with Gasteiger partial charge in [0.05, 0.1) is 19.3 Å². The van der Waals surface area contributed by atoms with Crippen LogP contribution in [0.5, 0.6) is 5.75 Å². The molecule has 0 aliphatic carbocycles. The molecule has 144 valence electrons. The molecule has 0 aliphatic heterocycles. The number of esters is 1. The van der Waals surface area contributed by atoms with Gasteiger partial charge < -0.3 is 14.8 Å². The molecule has 0 fully saturated rings.